The summed E-state index contributed by atoms with van der Waals surface area (Å²) >= 11 is 0. The van der Waals surface area contributed by atoms with E-state index in [2.05, 4.69) is 23.7 Å². The summed E-state index contributed by atoms with van der Waals surface area (Å²) in [5, 5.41) is 9.46. The van der Waals surface area contributed by atoms with Crippen molar-refractivity contribution in [1.82, 2.24) is 4.98 Å². The van der Waals surface area contributed by atoms with Crippen LogP contribution in [0.5, 0.6) is 0 Å². The molecule has 0 aliphatic carbocycles. The first kappa shape index (κ1) is 16.2. The zero-order valence-corrected chi connectivity index (χ0v) is 13.3. The molecule has 2 aromatic rings. The van der Waals surface area contributed by atoms with Gasteiger partial charge in [0.05, 0.1) is 12.3 Å². The molecular formula is C18H22N2O2. The van der Waals surface area contributed by atoms with Crippen LogP contribution >= 0.6 is 0 Å². The smallest absolute Gasteiger partial charge is 0.161 e. The van der Waals surface area contributed by atoms with Gasteiger partial charge in [0.1, 0.15) is 0 Å². The van der Waals surface area contributed by atoms with Crippen LogP contribution in [-0.4, -0.2) is 29.0 Å². The molecule has 0 fully saturated rings. The third-order valence-corrected chi connectivity index (χ3v) is 3.82. The normalized spacial score (nSPS) is 10.5. The molecule has 0 atom stereocenters. The van der Waals surface area contributed by atoms with Crippen LogP contribution < -0.4 is 4.90 Å². The van der Waals surface area contributed by atoms with Crippen molar-refractivity contribution < 1.29 is 9.90 Å². The lowest BCUT2D eigenvalue weighted by Crippen LogP contribution is -2.23. The summed E-state index contributed by atoms with van der Waals surface area (Å²) in [6.07, 6.45) is 1.69. The predicted octanol–water partition coefficient (Wildman–Crippen LogP) is 3.29. The molecule has 116 valence electrons. The van der Waals surface area contributed by atoms with Gasteiger partial charge in [-0.3, -0.25) is 9.78 Å². The number of carbonyl (C=O) groups is 1. The van der Waals surface area contributed by atoms with Crippen LogP contribution in [-0.2, 0) is 6.61 Å². The predicted molar refractivity (Wildman–Crippen MR) is 89.2 cm³/mol. The lowest BCUT2D eigenvalue weighted by atomic mass is 10.00. The Bertz CT molecular complexity index is 664. The summed E-state index contributed by atoms with van der Waals surface area (Å²) in [6.45, 7) is 7.35. The van der Waals surface area contributed by atoms with Gasteiger partial charge in [-0.15, -0.1) is 0 Å². The number of nitrogens with zero attached hydrogens (tertiary/aromatic N) is 2. The number of carbonyl (C=O) groups excluding carboxylic acids is 1. The number of benzene rings is 1. The van der Waals surface area contributed by atoms with Gasteiger partial charge >= 0.3 is 0 Å². The minimum atomic E-state index is -0.0730. The molecule has 4 nitrogen and oxygen atoms in total. The second kappa shape index (κ2) is 7.18. The first-order chi connectivity index (χ1) is 10.6. The van der Waals surface area contributed by atoms with E-state index in [0.717, 1.165) is 35.6 Å². The molecule has 0 unspecified atom stereocenters. The molecule has 1 aromatic heterocycles. The maximum Gasteiger partial charge on any atom is 0.161 e. The highest BCUT2D eigenvalue weighted by molar-refractivity contribution is 6.01. The summed E-state index contributed by atoms with van der Waals surface area (Å²) in [4.78, 5) is 18.6. The zero-order chi connectivity index (χ0) is 16.1. The van der Waals surface area contributed by atoms with Gasteiger partial charge in [-0.25, -0.2) is 0 Å². The standard InChI is InChI=1S/C18H22N2O2/c1-4-20(5-2)17-9-8-14(11-16(17)13(3)22)18-15(12-21)7-6-10-19-18/h6-11,21H,4-5,12H2,1-3H3. The second-order valence-corrected chi connectivity index (χ2v) is 5.13. The van der Waals surface area contributed by atoms with Crippen molar-refractivity contribution in [1.29, 1.82) is 0 Å². The van der Waals surface area contributed by atoms with Gasteiger partial charge in [0.15, 0.2) is 5.78 Å². The van der Waals surface area contributed by atoms with Crippen molar-refractivity contribution in [2.24, 2.45) is 0 Å². The quantitative estimate of drug-likeness (QED) is 0.831. The van der Waals surface area contributed by atoms with Gasteiger partial charge < -0.3 is 10.0 Å². The van der Waals surface area contributed by atoms with E-state index in [4.69, 9.17) is 0 Å². The van der Waals surface area contributed by atoms with E-state index in [9.17, 15) is 9.90 Å². The van der Waals surface area contributed by atoms with Gasteiger partial charge in [0, 0.05) is 41.7 Å². The number of ketones is 1. The van der Waals surface area contributed by atoms with E-state index in [-0.39, 0.29) is 12.4 Å². The van der Waals surface area contributed by atoms with E-state index in [0.29, 0.717) is 5.56 Å². The lowest BCUT2D eigenvalue weighted by molar-refractivity contribution is 0.101. The third kappa shape index (κ3) is 3.17. The first-order valence-corrected chi connectivity index (χ1v) is 7.57. The SMILES string of the molecule is CCN(CC)c1ccc(-c2ncccc2CO)cc1C(C)=O. The molecule has 22 heavy (non-hydrogen) atoms. The minimum Gasteiger partial charge on any atom is -0.392 e. The number of rotatable bonds is 6. The monoisotopic (exact) mass is 298 g/mol. The second-order valence-electron chi connectivity index (χ2n) is 5.13. The fraction of sp³-hybridized carbons (Fsp3) is 0.333. The molecule has 0 amide bonds. The third-order valence-electron chi connectivity index (χ3n) is 3.82. The highest BCUT2D eigenvalue weighted by Crippen LogP contribution is 2.28. The fourth-order valence-electron chi connectivity index (χ4n) is 2.63. The topological polar surface area (TPSA) is 53.4 Å². The van der Waals surface area contributed by atoms with Crippen molar-refractivity contribution in [2.45, 2.75) is 27.4 Å². The molecule has 0 aliphatic heterocycles. The number of aliphatic hydroxyl groups is 1. The van der Waals surface area contributed by atoms with E-state index < -0.39 is 0 Å². The molecule has 0 spiro atoms. The molecular weight excluding hydrogens is 276 g/mol. The Hall–Kier alpha value is -2.20. The number of aliphatic hydroxyl groups excluding tert-OH is 1. The van der Waals surface area contributed by atoms with Gasteiger partial charge in [0.25, 0.3) is 0 Å². The minimum absolute atomic E-state index is 0.0326. The highest BCUT2D eigenvalue weighted by Gasteiger charge is 2.15. The van der Waals surface area contributed by atoms with Gasteiger partial charge in [-0.1, -0.05) is 12.1 Å². The maximum atomic E-state index is 12.0. The highest BCUT2D eigenvalue weighted by atomic mass is 16.3. The average molecular weight is 298 g/mol. The molecule has 0 bridgehead atoms. The van der Waals surface area contributed by atoms with E-state index >= 15 is 0 Å². The Balaban J connectivity index is 2.57. The first-order valence-electron chi connectivity index (χ1n) is 7.57. The van der Waals surface area contributed by atoms with Crippen LogP contribution in [0.3, 0.4) is 0 Å². The van der Waals surface area contributed by atoms with Crippen LogP contribution in [0.2, 0.25) is 0 Å². The van der Waals surface area contributed by atoms with Crippen LogP contribution in [0.1, 0.15) is 36.7 Å². The zero-order valence-electron chi connectivity index (χ0n) is 13.3. The summed E-state index contributed by atoms with van der Waals surface area (Å²) in [5.74, 6) is 0.0326. The maximum absolute atomic E-state index is 12.0. The number of Topliss-reactive ketones (excluding diaryl/α,β-unsaturated/α-hetero) is 1. The molecule has 0 saturated heterocycles. The molecule has 1 aromatic carbocycles. The molecule has 1 heterocycles. The van der Waals surface area contributed by atoms with Gasteiger partial charge in [0.2, 0.25) is 0 Å². The number of aromatic nitrogens is 1. The van der Waals surface area contributed by atoms with Crippen LogP contribution in [0.4, 0.5) is 5.69 Å². The van der Waals surface area contributed by atoms with Crippen molar-refractivity contribution in [3.8, 4) is 11.3 Å². The van der Waals surface area contributed by atoms with Crippen molar-refractivity contribution in [3.05, 3.63) is 47.7 Å². The van der Waals surface area contributed by atoms with Gasteiger partial charge in [-0.2, -0.15) is 0 Å². The van der Waals surface area contributed by atoms with Crippen molar-refractivity contribution in [3.63, 3.8) is 0 Å². The molecule has 4 heteroatoms. The Morgan fingerprint density at radius 2 is 1.95 bits per heavy atom. The molecule has 0 saturated carbocycles. The number of anilines is 1. The Morgan fingerprint density at radius 1 is 1.23 bits per heavy atom. The fourth-order valence-corrected chi connectivity index (χ4v) is 2.63. The Morgan fingerprint density at radius 3 is 2.55 bits per heavy atom. The summed E-state index contributed by atoms with van der Waals surface area (Å²) in [7, 11) is 0. The molecule has 1 N–H and O–H groups in total. The van der Waals surface area contributed by atoms with E-state index in [1.54, 1.807) is 19.2 Å². The molecule has 0 radical (unpaired) electrons. The van der Waals surface area contributed by atoms with Crippen LogP contribution in [0.25, 0.3) is 11.3 Å². The van der Waals surface area contributed by atoms with Crippen molar-refractivity contribution >= 4 is 11.5 Å². The average Bonchev–Trinajstić information content (AvgIpc) is 2.56. The summed E-state index contributed by atoms with van der Waals surface area (Å²) in [6, 6.07) is 9.44. The van der Waals surface area contributed by atoms with Crippen LogP contribution in [0, 0.1) is 0 Å². The largest absolute Gasteiger partial charge is 0.392 e. The number of hydrogen-bond donors (Lipinski definition) is 1. The number of hydrogen-bond acceptors (Lipinski definition) is 4. The lowest BCUT2D eigenvalue weighted by Gasteiger charge is -2.24. The Kier molecular flexibility index (Phi) is 5.28. The van der Waals surface area contributed by atoms with Crippen LogP contribution in [0.15, 0.2) is 36.5 Å². The molecule has 2 rings (SSSR count). The van der Waals surface area contributed by atoms with E-state index in [1.807, 2.05) is 24.3 Å². The Labute approximate surface area is 131 Å². The molecule has 0 aliphatic rings. The summed E-state index contributed by atoms with van der Waals surface area (Å²) in [5.41, 5.74) is 3.97. The van der Waals surface area contributed by atoms with E-state index in [1.165, 1.54) is 0 Å². The number of pyridine rings is 1. The van der Waals surface area contributed by atoms with Gasteiger partial charge in [-0.05, 0) is 39.0 Å². The van der Waals surface area contributed by atoms with Crippen molar-refractivity contribution in [2.75, 3.05) is 18.0 Å². The summed E-state index contributed by atoms with van der Waals surface area (Å²) < 4.78 is 0.